The Morgan fingerprint density at radius 2 is 2.16 bits per heavy atom. The summed E-state index contributed by atoms with van der Waals surface area (Å²) in [6, 6.07) is 6.04. The SMILES string of the molecule is Cc1ccc2c(c1)OC(C)(C)C[C@@H]2NC(=O)c1nnc2n1CCCC2. The highest BCUT2D eigenvalue weighted by molar-refractivity contribution is 5.91. The van der Waals surface area contributed by atoms with Crippen LogP contribution in [0.3, 0.4) is 0 Å². The summed E-state index contributed by atoms with van der Waals surface area (Å²) in [5, 5.41) is 11.5. The number of carbonyl (C=O) groups excluding carboxylic acids is 1. The third kappa shape index (κ3) is 3.01. The molecule has 0 saturated carbocycles. The largest absolute Gasteiger partial charge is 0.487 e. The van der Waals surface area contributed by atoms with Crippen molar-refractivity contribution in [3.63, 3.8) is 0 Å². The second-order valence-electron chi connectivity index (χ2n) is 7.68. The molecule has 0 saturated heterocycles. The van der Waals surface area contributed by atoms with E-state index in [1.165, 1.54) is 0 Å². The summed E-state index contributed by atoms with van der Waals surface area (Å²) in [5.41, 5.74) is 1.84. The first kappa shape index (κ1) is 16.1. The summed E-state index contributed by atoms with van der Waals surface area (Å²) < 4.78 is 8.07. The molecule has 0 spiro atoms. The number of hydrogen-bond acceptors (Lipinski definition) is 4. The Morgan fingerprint density at radius 1 is 1.32 bits per heavy atom. The minimum atomic E-state index is -0.330. The van der Waals surface area contributed by atoms with E-state index < -0.39 is 0 Å². The smallest absolute Gasteiger partial charge is 0.289 e. The Morgan fingerprint density at radius 3 is 3.00 bits per heavy atom. The van der Waals surface area contributed by atoms with E-state index in [0.717, 1.165) is 54.9 Å². The van der Waals surface area contributed by atoms with Crippen molar-refractivity contribution in [2.45, 2.75) is 64.6 Å². The normalized spacial score (nSPS) is 21.0. The van der Waals surface area contributed by atoms with Gasteiger partial charge in [-0.1, -0.05) is 12.1 Å². The molecule has 132 valence electrons. The standard InChI is InChI=1S/C19H24N4O2/c1-12-7-8-13-14(11-19(2,3)25-15(13)10-12)20-18(24)17-22-21-16-6-4-5-9-23(16)17/h7-8,10,14H,4-6,9,11H2,1-3H3,(H,20,24)/t14-/m0/s1. The molecule has 1 amide bonds. The molecule has 0 radical (unpaired) electrons. The molecule has 6 heteroatoms. The second-order valence-corrected chi connectivity index (χ2v) is 7.68. The molecule has 1 N–H and O–H groups in total. The highest BCUT2D eigenvalue weighted by atomic mass is 16.5. The first-order valence-electron chi connectivity index (χ1n) is 8.95. The zero-order chi connectivity index (χ0) is 17.6. The van der Waals surface area contributed by atoms with Gasteiger partial charge in [0.15, 0.2) is 0 Å². The molecule has 0 aliphatic carbocycles. The topological polar surface area (TPSA) is 69.0 Å². The van der Waals surface area contributed by atoms with E-state index in [2.05, 4.69) is 35.4 Å². The van der Waals surface area contributed by atoms with Gasteiger partial charge in [0, 0.05) is 24.9 Å². The third-order valence-corrected chi connectivity index (χ3v) is 4.99. The van der Waals surface area contributed by atoms with Crippen LogP contribution in [0, 0.1) is 6.92 Å². The van der Waals surface area contributed by atoms with Gasteiger partial charge in [-0.25, -0.2) is 0 Å². The van der Waals surface area contributed by atoms with Gasteiger partial charge in [-0.05, 0) is 45.2 Å². The van der Waals surface area contributed by atoms with E-state index in [1.807, 2.05) is 23.6 Å². The van der Waals surface area contributed by atoms with Crippen LogP contribution in [0.2, 0.25) is 0 Å². The first-order chi connectivity index (χ1) is 11.9. The highest BCUT2D eigenvalue weighted by Crippen LogP contribution is 2.40. The number of rotatable bonds is 2. The Bertz CT molecular complexity index is 825. The fourth-order valence-electron chi connectivity index (χ4n) is 3.79. The predicted molar refractivity (Wildman–Crippen MR) is 93.7 cm³/mol. The molecule has 6 nitrogen and oxygen atoms in total. The van der Waals surface area contributed by atoms with Crippen molar-refractivity contribution in [2.24, 2.45) is 0 Å². The molecule has 0 fully saturated rings. The van der Waals surface area contributed by atoms with Crippen LogP contribution in [0.15, 0.2) is 18.2 Å². The van der Waals surface area contributed by atoms with E-state index in [1.54, 1.807) is 0 Å². The number of aryl methyl sites for hydroxylation is 2. The van der Waals surface area contributed by atoms with Crippen molar-refractivity contribution < 1.29 is 9.53 Å². The number of fused-ring (bicyclic) bond motifs is 2. The van der Waals surface area contributed by atoms with E-state index in [4.69, 9.17) is 4.74 Å². The molecule has 2 aromatic rings. The molecule has 1 atom stereocenters. The fraction of sp³-hybridized carbons (Fsp3) is 0.526. The number of carbonyl (C=O) groups is 1. The average molecular weight is 340 g/mol. The summed E-state index contributed by atoms with van der Waals surface area (Å²) >= 11 is 0. The van der Waals surface area contributed by atoms with Gasteiger partial charge >= 0.3 is 0 Å². The Kier molecular flexibility index (Phi) is 3.78. The number of ether oxygens (including phenoxy) is 1. The number of benzene rings is 1. The maximum atomic E-state index is 12.9. The Labute approximate surface area is 147 Å². The summed E-state index contributed by atoms with van der Waals surface area (Å²) in [6.45, 7) is 6.97. The van der Waals surface area contributed by atoms with Crippen molar-refractivity contribution in [3.05, 3.63) is 41.0 Å². The molecule has 4 rings (SSSR count). The Hall–Kier alpha value is -2.37. The molecule has 2 aliphatic rings. The van der Waals surface area contributed by atoms with Crippen LogP contribution in [0.5, 0.6) is 5.75 Å². The van der Waals surface area contributed by atoms with Crippen LogP contribution in [0.25, 0.3) is 0 Å². The van der Waals surface area contributed by atoms with E-state index in [-0.39, 0.29) is 17.6 Å². The summed E-state index contributed by atoms with van der Waals surface area (Å²) in [6.07, 6.45) is 3.79. The highest BCUT2D eigenvalue weighted by Gasteiger charge is 2.35. The number of nitrogens with one attached hydrogen (secondary N) is 1. The van der Waals surface area contributed by atoms with Gasteiger partial charge in [-0.2, -0.15) is 0 Å². The van der Waals surface area contributed by atoms with E-state index in [9.17, 15) is 4.79 Å². The molecule has 0 bridgehead atoms. The Balaban J connectivity index is 1.62. The van der Waals surface area contributed by atoms with Crippen molar-refractivity contribution >= 4 is 5.91 Å². The average Bonchev–Trinajstić information content (AvgIpc) is 2.97. The van der Waals surface area contributed by atoms with Crippen LogP contribution in [-0.2, 0) is 13.0 Å². The second kappa shape index (κ2) is 5.86. The molecule has 3 heterocycles. The number of amides is 1. The first-order valence-corrected chi connectivity index (χ1v) is 8.95. The number of aromatic nitrogens is 3. The van der Waals surface area contributed by atoms with Crippen LogP contribution in [-0.4, -0.2) is 26.3 Å². The third-order valence-electron chi connectivity index (χ3n) is 4.99. The molecule has 25 heavy (non-hydrogen) atoms. The molecule has 1 aromatic heterocycles. The molecular weight excluding hydrogens is 316 g/mol. The zero-order valence-electron chi connectivity index (χ0n) is 15.0. The van der Waals surface area contributed by atoms with Gasteiger partial charge < -0.3 is 14.6 Å². The zero-order valence-corrected chi connectivity index (χ0v) is 15.0. The van der Waals surface area contributed by atoms with Crippen LogP contribution in [0.4, 0.5) is 0 Å². The summed E-state index contributed by atoms with van der Waals surface area (Å²) in [4.78, 5) is 12.9. The fourth-order valence-corrected chi connectivity index (χ4v) is 3.79. The van der Waals surface area contributed by atoms with Crippen molar-refractivity contribution in [2.75, 3.05) is 0 Å². The molecule has 0 unspecified atom stereocenters. The van der Waals surface area contributed by atoms with Crippen molar-refractivity contribution in [1.82, 2.24) is 20.1 Å². The monoisotopic (exact) mass is 340 g/mol. The molecule has 2 aliphatic heterocycles. The van der Waals surface area contributed by atoms with Crippen molar-refractivity contribution in [3.8, 4) is 5.75 Å². The van der Waals surface area contributed by atoms with Crippen LogP contribution < -0.4 is 10.1 Å². The lowest BCUT2D eigenvalue weighted by Gasteiger charge is -2.38. The van der Waals surface area contributed by atoms with Gasteiger partial charge in [0.1, 0.15) is 17.2 Å². The maximum Gasteiger partial charge on any atom is 0.289 e. The van der Waals surface area contributed by atoms with Gasteiger partial charge in [0.25, 0.3) is 5.91 Å². The predicted octanol–water partition coefficient (Wildman–Crippen LogP) is 2.96. The lowest BCUT2D eigenvalue weighted by molar-refractivity contribution is 0.0614. The summed E-state index contributed by atoms with van der Waals surface area (Å²) in [5.74, 6) is 2.03. The van der Waals surface area contributed by atoms with Gasteiger partial charge in [-0.3, -0.25) is 4.79 Å². The lowest BCUT2D eigenvalue weighted by Crippen LogP contribution is -2.42. The maximum absolute atomic E-state index is 12.9. The lowest BCUT2D eigenvalue weighted by atomic mass is 9.89. The van der Waals surface area contributed by atoms with Gasteiger partial charge in [-0.15, -0.1) is 10.2 Å². The van der Waals surface area contributed by atoms with Crippen LogP contribution >= 0.6 is 0 Å². The van der Waals surface area contributed by atoms with Crippen LogP contribution in [0.1, 0.15) is 66.7 Å². The summed E-state index contributed by atoms with van der Waals surface area (Å²) in [7, 11) is 0. The number of hydrogen-bond donors (Lipinski definition) is 1. The minimum Gasteiger partial charge on any atom is -0.487 e. The van der Waals surface area contributed by atoms with Gasteiger partial charge in [0.2, 0.25) is 5.82 Å². The quantitative estimate of drug-likeness (QED) is 0.912. The molecular formula is C19H24N4O2. The van der Waals surface area contributed by atoms with E-state index >= 15 is 0 Å². The minimum absolute atomic E-state index is 0.0941. The van der Waals surface area contributed by atoms with Gasteiger partial charge in [0.05, 0.1) is 6.04 Å². The van der Waals surface area contributed by atoms with Crippen molar-refractivity contribution in [1.29, 1.82) is 0 Å². The molecule has 1 aromatic carbocycles. The number of nitrogens with zero attached hydrogens (tertiary/aromatic N) is 3. The van der Waals surface area contributed by atoms with E-state index in [0.29, 0.717) is 5.82 Å².